The maximum atomic E-state index is 12.6. The number of methoxy groups -OCH3 is 1. The Balaban J connectivity index is 1.59. The van der Waals surface area contributed by atoms with E-state index in [4.69, 9.17) is 9.47 Å². The minimum absolute atomic E-state index is 0.151. The van der Waals surface area contributed by atoms with Gasteiger partial charge >= 0.3 is 6.09 Å². The van der Waals surface area contributed by atoms with E-state index < -0.39 is 5.91 Å². The number of hydrogen-bond acceptors (Lipinski definition) is 6. The summed E-state index contributed by atoms with van der Waals surface area (Å²) < 4.78 is 10.4. The third kappa shape index (κ3) is 4.61. The van der Waals surface area contributed by atoms with Crippen LogP contribution < -0.4 is 10.1 Å². The Labute approximate surface area is 174 Å². The van der Waals surface area contributed by atoms with Gasteiger partial charge in [0.2, 0.25) is 5.91 Å². The zero-order valence-electron chi connectivity index (χ0n) is 17.4. The molecule has 9 heteroatoms. The molecule has 160 valence electrons. The molecule has 1 saturated heterocycles. The predicted molar refractivity (Wildman–Crippen MR) is 110 cm³/mol. The molecular weight excluding hydrogens is 388 g/mol. The highest BCUT2D eigenvalue weighted by Gasteiger charge is 2.30. The van der Waals surface area contributed by atoms with Crippen molar-refractivity contribution in [3.8, 4) is 5.75 Å². The van der Waals surface area contributed by atoms with Crippen LogP contribution in [0.5, 0.6) is 5.75 Å². The van der Waals surface area contributed by atoms with E-state index in [0.717, 1.165) is 5.39 Å². The van der Waals surface area contributed by atoms with Crippen molar-refractivity contribution in [2.45, 2.75) is 19.9 Å². The molecule has 3 rings (SSSR count). The normalized spacial score (nSPS) is 16.3. The molecule has 0 spiro atoms. The lowest BCUT2D eigenvalue weighted by Crippen LogP contribution is -2.56. The molecule has 2 aromatic rings. The fourth-order valence-corrected chi connectivity index (χ4v) is 3.45. The molecule has 1 atom stereocenters. The Hall–Kier alpha value is -3.36. The number of nitrogens with one attached hydrogen (secondary N) is 1. The molecule has 0 aliphatic carbocycles. The molecule has 1 aromatic heterocycles. The first-order chi connectivity index (χ1) is 14.4. The lowest BCUT2D eigenvalue weighted by atomic mass is 10.1. The SMILES string of the molecule is CCOC(=O)N1CCN(C(=O)CNC(=O)c2cc(OC)c3ccccc3n2)C[C@H]1C. The monoisotopic (exact) mass is 414 g/mol. The van der Waals surface area contributed by atoms with E-state index in [1.807, 2.05) is 25.1 Å². The molecule has 1 aliphatic rings. The van der Waals surface area contributed by atoms with Gasteiger partial charge in [-0.15, -0.1) is 0 Å². The Bertz CT molecular complexity index is 948. The second kappa shape index (κ2) is 9.43. The van der Waals surface area contributed by atoms with Gasteiger partial charge in [-0.05, 0) is 26.0 Å². The first kappa shape index (κ1) is 21.4. The van der Waals surface area contributed by atoms with Gasteiger partial charge in [-0.3, -0.25) is 9.59 Å². The molecule has 1 aliphatic heterocycles. The summed E-state index contributed by atoms with van der Waals surface area (Å²) in [4.78, 5) is 44.6. The summed E-state index contributed by atoms with van der Waals surface area (Å²) in [5.41, 5.74) is 0.816. The number of pyridine rings is 1. The van der Waals surface area contributed by atoms with E-state index in [1.165, 1.54) is 7.11 Å². The number of piperazine rings is 1. The number of aromatic nitrogens is 1. The highest BCUT2D eigenvalue weighted by molar-refractivity contribution is 5.98. The zero-order valence-corrected chi connectivity index (χ0v) is 17.4. The van der Waals surface area contributed by atoms with Crippen molar-refractivity contribution in [3.05, 3.63) is 36.0 Å². The van der Waals surface area contributed by atoms with Gasteiger partial charge in [0, 0.05) is 37.1 Å². The summed E-state index contributed by atoms with van der Waals surface area (Å²) in [6.45, 7) is 4.94. The van der Waals surface area contributed by atoms with Gasteiger partial charge in [0.15, 0.2) is 0 Å². The second-order valence-corrected chi connectivity index (χ2v) is 6.99. The molecule has 1 N–H and O–H groups in total. The molecule has 0 radical (unpaired) electrons. The van der Waals surface area contributed by atoms with Gasteiger partial charge in [0.25, 0.3) is 5.91 Å². The number of fused-ring (bicyclic) bond motifs is 1. The number of hydrogen-bond donors (Lipinski definition) is 1. The fourth-order valence-electron chi connectivity index (χ4n) is 3.45. The topological polar surface area (TPSA) is 101 Å². The molecule has 1 fully saturated rings. The van der Waals surface area contributed by atoms with Crippen LogP contribution >= 0.6 is 0 Å². The van der Waals surface area contributed by atoms with Crippen LogP contribution in [-0.4, -0.2) is 78.6 Å². The Kier molecular flexibility index (Phi) is 6.71. The van der Waals surface area contributed by atoms with Gasteiger partial charge in [-0.25, -0.2) is 9.78 Å². The molecule has 3 amide bonds. The zero-order chi connectivity index (χ0) is 21.7. The van der Waals surface area contributed by atoms with E-state index in [2.05, 4.69) is 10.3 Å². The van der Waals surface area contributed by atoms with Gasteiger partial charge in [0.1, 0.15) is 11.4 Å². The van der Waals surface area contributed by atoms with Gasteiger partial charge in [-0.2, -0.15) is 0 Å². The van der Waals surface area contributed by atoms with Crippen LogP contribution in [-0.2, 0) is 9.53 Å². The summed E-state index contributed by atoms with van der Waals surface area (Å²) in [6.07, 6.45) is -0.373. The number of rotatable bonds is 5. The largest absolute Gasteiger partial charge is 0.496 e. The highest BCUT2D eigenvalue weighted by Crippen LogP contribution is 2.24. The average Bonchev–Trinajstić information content (AvgIpc) is 2.76. The average molecular weight is 414 g/mol. The van der Waals surface area contributed by atoms with Crippen LogP contribution in [0.2, 0.25) is 0 Å². The summed E-state index contributed by atoms with van der Waals surface area (Å²) >= 11 is 0. The Morgan fingerprint density at radius 1 is 1.23 bits per heavy atom. The molecule has 9 nitrogen and oxygen atoms in total. The third-order valence-corrected chi connectivity index (χ3v) is 5.01. The van der Waals surface area contributed by atoms with Gasteiger partial charge < -0.3 is 24.6 Å². The number of ether oxygens (including phenoxy) is 2. The smallest absolute Gasteiger partial charge is 0.410 e. The number of para-hydroxylation sites is 1. The molecule has 0 saturated carbocycles. The van der Waals surface area contributed by atoms with Crippen LogP contribution in [0.3, 0.4) is 0 Å². The molecule has 1 aromatic carbocycles. The van der Waals surface area contributed by atoms with Crippen LogP contribution in [0.25, 0.3) is 10.9 Å². The predicted octanol–water partition coefficient (Wildman–Crippen LogP) is 1.66. The van der Waals surface area contributed by atoms with Crippen LogP contribution in [0.4, 0.5) is 4.79 Å². The van der Waals surface area contributed by atoms with Gasteiger partial charge in [-0.1, -0.05) is 12.1 Å². The minimum Gasteiger partial charge on any atom is -0.496 e. The Morgan fingerprint density at radius 3 is 2.70 bits per heavy atom. The quantitative estimate of drug-likeness (QED) is 0.799. The van der Waals surface area contributed by atoms with Crippen molar-refractivity contribution in [1.29, 1.82) is 0 Å². The summed E-state index contributed by atoms with van der Waals surface area (Å²) in [5.74, 6) is -0.127. The molecule has 2 heterocycles. The van der Waals surface area contributed by atoms with Crippen molar-refractivity contribution in [3.63, 3.8) is 0 Å². The first-order valence-electron chi connectivity index (χ1n) is 9.87. The molecular formula is C21H26N4O5. The van der Waals surface area contributed by atoms with Crippen LogP contribution in [0.1, 0.15) is 24.3 Å². The number of carbonyl (C=O) groups is 3. The first-order valence-corrected chi connectivity index (χ1v) is 9.87. The number of benzene rings is 1. The van der Waals surface area contributed by atoms with Crippen molar-refractivity contribution in [2.24, 2.45) is 0 Å². The summed E-state index contributed by atoms with van der Waals surface area (Å²) in [7, 11) is 1.53. The summed E-state index contributed by atoms with van der Waals surface area (Å²) in [5, 5.41) is 3.43. The van der Waals surface area contributed by atoms with Crippen LogP contribution in [0, 0.1) is 0 Å². The van der Waals surface area contributed by atoms with E-state index in [9.17, 15) is 14.4 Å². The summed E-state index contributed by atoms with van der Waals surface area (Å²) in [6, 6.07) is 8.75. The maximum absolute atomic E-state index is 12.6. The maximum Gasteiger partial charge on any atom is 0.410 e. The van der Waals surface area contributed by atoms with Crippen molar-refractivity contribution in [1.82, 2.24) is 20.1 Å². The lowest BCUT2D eigenvalue weighted by Gasteiger charge is -2.39. The number of nitrogens with zero attached hydrogens (tertiary/aromatic N) is 3. The standard InChI is InChI=1S/C21H26N4O5/c1-4-30-21(28)25-10-9-24(13-14(25)2)19(26)12-22-20(27)17-11-18(29-3)15-7-5-6-8-16(15)23-17/h5-8,11,14H,4,9-10,12-13H2,1-3H3,(H,22,27)/t14-/m1/s1. The molecule has 0 bridgehead atoms. The number of carbonyl (C=O) groups excluding carboxylic acids is 3. The third-order valence-electron chi connectivity index (χ3n) is 5.01. The Morgan fingerprint density at radius 2 is 2.00 bits per heavy atom. The second-order valence-electron chi connectivity index (χ2n) is 6.99. The minimum atomic E-state index is -0.453. The highest BCUT2D eigenvalue weighted by atomic mass is 16.6. The number of amides is 3. The van der Waals surface area contributed by atoms with E-state index in [-0.39, 0.29) is 30.3 Å². The fraction of sp³-hybridized carbons (Fsp3) is 0.429. The lowest BCUT2D eigenvalue weighted by molar-refractivity contribution is -0.132. The molecule has 0 unspecified atom stereocenters. The van der Waals surface area contributed by atoms with E-state index in [0.29, 0.717) is 37.5 Å². The van der Waals surface area contributed by atoms with Crippen molar-refractivity contribution < 1.29 is 23.9 Å². The van der Waals surface area contributed by atoms with E-state index in [1.54, 1.807) is 28.9 Å². The van der Waals surface area contributed by atoms with Crippen LogP contribution in [0.15, 0.2) is 30.3 Å². The van der Waals surface area contributed by atoms with Crippen molar-refractivity contribution in [2.75, 3.05) is 39.9 Å². The van der Waals surface area contributed by atoms with E-state index >= 15 is 0 Å². The molecule has 30 heavy (non-hydrogen) atoms. The van der Waals surface area contributed by atoms with Gasteiger partial charge in [0.05, 0.1) is 25.8 Å². The van der Waals surface area contributed by atoms with Crippen molar-refractivity contribution >= 4 is 28.8 Å².